The summed E-state index contributed by atoms with van der Waals surface area (Å²) in [6.07, 6.45) is 5.53. The second kappa shape index (κ2) is 8.33. The van der Waals surface area contributed by atoms with Crippen LogP contribution in [0.5, 0.6) is 0 Å². The van der Waals surface area contributed by atoms with Gasteiger partial charge in [0.15, 0.2) is 17.0 Å². The van der Waals surface area contributed by atoms with E-state index < -0.39 is 18.0 Å². The van der Waals surface area contributed by atoms with Gasteiger partial charge in [-0.3, -0.25) is 9.48 Å². The molecule has 1 aliphatic carbocycles. The van der Waals surface area contributed by atoms with Crippen molar-refractivity contribution in [2.45, 2.75) is 49.0 Å². The molecule has 0 saturated heterocycles. The first-order valence-electron chi connectivity index (χ1n) is 9.55. The molecule has 4 rings (SSSR count). The van der Waals surface area contributed by atoms with Crippen LogP contribution in [-0.2, 0) is 0 Å². The molecular weight excluding hydrogens is 493 g/mol. The van der Waals surface area contributed by atoms with Crippen LogP contribution in [0.1, 0.15) is 61.3 Å². The lowest BCUT2D eigenvalue weighted by Gasteiger charge is -2.30. The Kier molecular flexibility index (Phi) is 5.79. The molecule has 0 aliphatic heterocycles. The monoisotopic (exact) mass is 514 g/mol. The average molecular weight is 514 g/mol. The van der Waals surface area contributed by atoms with Gasteiger partial charge < -0.3 is 5.32 Å². The van der Waals surface area contributed by atoms with E-state index in [1.165, 1.54) is 23.1 Å². The third-order valence-electron chi connectivity index (χ3n) is 5.49. The van der Waals surface area contributed by atoms with E-state index in [2.05, 4.69) is 50.0 Å². The van der Waals surface area contributed by atoms with Gasteiger partial charge in [0.1, 0.15) is 0 Å². The molecule has 154 valence electrons. The summed E-state index contributed by atoms with van der Waals surface area (Å²) in [5, 5.41) is 10.8. The Hall–Kier alpha value is -2.11. The van der Waals surface area contributed by atoms with E-state index >= 15 is 0 Å². The van der Waals surface area contributed by atoms with E-state index in [0.717, 1.165) is 25.7 Å². The highest BCUT2D eigenvalue weighted by atomic mass is 127. The number of nitrogens with zero attached hydrogens (tertiary/aromatic N) is 5. The Morgan fingerprint density at radius 2 is 2.07 bits per heavy atom. The number of hydrogen-bond donors (Lipinski definition) is 1. The van der Waals surface area contributed by atoms with Crippen molar-refractivity contribution in [1.29, 1.82) is 0 Å². The Balaban J connectivity index is 1.55. The summed E-state index contributed by atoms with van der Waals surface area (Å²) in [6.45, 7) is 2.21. The number of alkyl halides is 3. The standard InChI is InChI=1S/C19H21F2IN6O/c1-11(22)12-4-6-13(7-5-12)27-10-14(17(26-27)18(20)21)25-19(29)15-9-23-16-3-2-8-24-28(15)16/h2-3,8-13,18H,4-7H2,1H3,(H,25,29). The molecule has 1 fully saturated rings. The van der Waals surface area contributed by atoms with Crippen LogP contribution in [0.25, 0.3) is 5.65 Å². The van der Waals surface area contributed by atoms with E-state index in [-0.39, 0.29) is 17.4 Å². The van der Waals surface area contributed by atoms with Gasteiger partial charge in [0.2, 0.25) is 0 Å². The maximum atomic E-state index is 13.6. The summed E-state index contributed by atoms with van der Waals surface area (Å²) in [6, 6.07) is 3.48. The number of aromatic nitrogens is 5. The van der Waals surface area contributed by atoms with Crippen molar-refractivity contribution in [3.63, 3.8) is 0 Å². The number of anilines is 1. The molecule has 7 nitrogen and oxygen atoms in total. The molecule has 1 saturated carbocycles. The van der Waals surface area contributed by atoms with Crippen molar-refractivity contribution >= 4 is 39.8 Å². The van der Waals surface area contributed by atoms with Crippen molar-refractivity contribution in [3.05, 3.63) is 42.1 Å². The molecule has 0 aromatic carbocycles. The average Bonchev–Trinajstić information content (AvgIpc) is 3.32. The highest BCUT2D eigenvalue weighted by molar-refractivity contribution is 14.1. The number of halogens is 3. The number of fused-ring (bicyclic) bond motifs is 1. The van der Waals surface area contributed by atoms with Crippen molar-refractivity contribution in [2.75, 3.05) is 5.32 Å². The van der Waals surface area contributed by atoms with Gasteiger partial charge in [-0.2, -0.15) is 10.2 Å². The zero-order valence-electron chi connectivity index (χ0n) is 15.8. The number of nitrogens with one attached hydrogen (secondary N) is 1. The van der Waals surface area contributed by atoms with Crippen LogP contribution in [0.15, 0.2) is 30.7 Å². The van der Waals surface area contributed by atoms with Gasteiger partial charge in [0, 0.05) is 16.3 Å². The predicted molar refractivity (Wildman–Crippen MR) is 113 cm³/mol. The smallest absolute Gasteiger partial charge is 0.284 e. The van der Waals surface area contributed by atoms with Gasteiger partial charge in [-0.25, -0.2) is 18.3 Å². The second-order valence-corrected chi connectivity index (χ2v) is 9.31. The van der Waals surface area contributed by atoms with E-state index in [9.17, 15) is 13.6 Å². The largest absolute Gasteiger partial charge is 0.317 e. The number of carbonyl (C=O) groups excluding carboxylic acids is 1. The third kappa shape index (κ3) is 4.12. The first-order chi connectivity index (χ1) is 13.9. The van der Waals surface area contributed by atoms with E-state index in [4.69, 9.17) is 0 Å². The molecule has 3 heterocycles. The van der Waals surface area contributed by atoms with Crippen LogP contribution in [0.4, 0.5) is 14.5 Å². The minimum Gasteiger partial charge on any atom is -0.317 e. The first-order valence-corrected chi connectivity index (χ1v) is 10.8. The number of amides is 1. The summed E-state index contributed by atoms with van der Waals surface area (Å²) < 4.78 is 30.7. The molecule has 1 amide bonds. The number of rotatable bonds is 5. The summed E-state index contributed by atoms with van der Waals surface area (Å²) in [5.74, 6) is 0.0962. The van der Waals surface area contributed by atoms with Gasteiger partial charge >= 0.3 is 0 Å². The van der Waals surface area contributed by atoms with E-state index in [1.807, 2.05) is 0 Å². The number of carbonyl (C=O) groups is 1. The molecule has 1 N–H and O–H groups in total. The Labute approximate surface area is 180 Å². The topological polar surface area (TPSA) is 77.1 Å². The first kappa shape index (κ1) is 20.2. The maximum Gasteiger partial charge on any atom is 0.284 e. The van der Waals surface area contributed by atoms with Crippen LogP contribution in [0.2, 0.25) is 0 Å². The zero-order valence-corrected chi connectivity index (χ0v) is 18.0. The maximum absolute atomic E-state index is 13.6. The number of hydrogen-bond acceptors (Lipinski definition) is 4. The van der Waals surface area contributed by atoms with Gasteiger partial charge in [-0.15, -0.1) is 0 Å². The van der Waals surface area contributed by atoms with Crippen molar-refractivity contribution < 1.29 is 13.6 Å². The van der Waals surface area contributed by atoms with Crippen LogP contribution < -0.4 is 5.32 Å². The van der Waals surface area contributed by atoms with Gasteiger partial charge in [-0.05, 0) is 43.7 Å². The van der Waals surface area contributed by atoms with Gasteiger partial charge in [-0.1, -0.05) is 29.5 Å². The van der Waals surface area contributed by atoms with Gasteiger partial charge in [0.05, 0.1) is 17.9 Å². The lowest BCUT2D eigenvalue weighted by Crippen LogP contribution is -2.22. The fraction of sp³-hybridized carbons (Fsp3) is 0.474. The van der Waals surface area contributed by atoms with Crippen LogP contribution in [0.3, 0.4) is 0 Å². The minimum absolute atomic E-state index is 0.0280. The lowest BCUT2D eigenvalue weighted by atomic mass is 9.84. The quantitative estimate of drug-likeness (QED) is 0.397. The van der Waals surface area contributed by atoms with Crippen LogP contribution in [-0.4, -0.2) is 34.2 Å². The highest BCUT2D eigenvalue weighted by Crippen LogP contribution is 2.37. The van der Waals surface area contributed by atoms with Crippen LogP contribution in [0, 0.1) is 5.92 Å². The Morgan fingerprint density at radius 3 is 2.76 bits per heavy atom. The fourth-order valence-electron chi connectivity index (χ4n) is 3.85. The third-order valence-corrected chi connectivity index (χ3v) is 6.51. The molecule has 1 atom stereocenters. The molecule has 3 aromatic heterocycles. The summed E-state index contributed by atoms with van der Waals surface area (Å²) in [7, 11) is 0. The molecule has 10 heteroatoms. The fourth-order valence-corrected chi connectivity index (χ4v) is 4.57. The second-order valence-electron chi connectivity index (χ2n) is 7.35. The van der Waals surface area contributed by atoms with Gasteiger partial charge in [0.25, 0.3) is 12.3 Å². The van der Waals surface area contributed by atoms with E-state index in [0.29, 0.717) is 15.5 Å². The SMILES string of the molecule is CC(I)C1CCC(n2cc(NC(=O)c3cnc4cccnn34)c(C(F)F)n2)CC1. The van der Waals surface area contributed by atoms with Crippen molar-refractivity contribution in [1.82, 2.24) is 24.4 Å². The summed E-state index contributed by atoms with van der Waals surface area (Å²) in [4.78, 5) is 16.8. The zero-order chi connectivity index (χ0) is 20.5. The molecule has 1 unspecified atom stereocenters. The predicted octanol–water partition coefficient (Wildman–Crippen LogP) is 4.67. The lowest BCUT2D eigenvalue weighted by molar-refractivity contribution is 0.101. The molecule has 29 heavy (non-hydrogen) atoms. The minimum atomic E-state index is -2.78. The number of imidazole rings is 1. The molecule has 0 radical (unpaired) electrons. The van der Waals surface area contributed by atoms with Crippen molar-refractivity contribution in [2.24, 2.45) is 5.92 Å². The molecular formula is C19H21F2IN6O. The Morgan fingerprint density at radius 1 is 1.31 bits per heavy atom. The molecule has 0 spiro atoms. The molecule has 3 aromatic rings. The normalized spacial score (nSPS) is 20.9. The summed E-state index contributed by atoms with van der Waals surface area (Å²) >= 11 is 2.44. The molecule has 1 aliphatic rings. The Bertz CT molecular complexity index is 1010. The van der Waals surface area contributed by atoms with E-state index in [1.54, 1.807) is 16.8 Å². The van der Waals surface area contributed by atoms with Crippen LogP contribution >= 0.6 is 22.6 Å². The molecule has 0 bridgehead atoms. The highest BCUT2D eigenvalue weighted by Gasteiger charge is 2.28. The van der Waals surface area contributed by atoms with Crippen molar-refractivity contribution in [3.8, 4) is 0 Å². The summed E-state index contributed by atoms with van der Waals surface area (Å²) in [5.41, 5.74) is 0.290.